The zero-order chi connectivity index (χ0) is 20.0. The van der Waals surface area contributed by atoms with Gasteiger partial charge in [-0.2, -0.15) is 0 Å². The summed E-state index contributed by atoms with van der Waals surface area (Å²) in [6.07, 6.45) is 2.99. The molecule has 0 radical (unpaired) electrons. The van der Waals surface area contributed by atoms with Gasteiger partial charge in [0, 0.05) is 44.5 Å². The third kappa shape index (κ3) is 5.26. The summed E-state index contributed by atoms with van der Waals surface area (Å²) in [6, 6.07) is 10.3. The van der Waals surface area contributed by atoms with E-state index in [-0.39, 0.29) is 11.8 Å². The Balaban J connectivity index is 1.44. The van der Waals surface area contributed by atoms with Crippen molar-refractivity contribution in [3.05, 3.63) is 36.1 Å². The highest BCUT2D eigenvalue weighted by molar-refractivity contribution is 7.89. The summed E-state index contributed by atoms with van der Waals surface area (Å²) in [4.78, 5) is 4.29. The Hall–Kier alpha value is -2.06. The zero-order valence-corrected chi connectivity index (χ0v) is 17.5. The van der Waals surface area contributed by atoms with Gasteiger partial charge in [0.2, 0.25) is 10.0 Å². The van der Waals surface area contributed by atoms with Crippen molar-refractivity contribution in [2.45, 2.75) is 38.6 Å². The number of benzene rings is 1. The van der Waals surface area contributed by atoms with E-state index in [2.05, 4.69) is 21.7 Å². The van der Waals surface area contributed by atoms with Gasteiger partial charge in [-0.05, 0) is 31.4 Å². The van der Waals surface area contributed by atoms with Crippen molar-refractivity contribution in [1.82, 2.24) is 14.9 Å². The Bertz CT molecular complexity index is 866. The van der Waals surface area contributed by atoms with Gasteiger partial charge in [-0.15, -0.1) is 0 Å². The smallest absolute Gasteiger partial charge is 0.214 e. The first kappa shape index (κ1) is 20.7. The van der Waals surface area contributed by atoms with Crippen LogP contribution in [0.25, 0.3) is 11.0 Å². The molecule has 2 aromatic rings. The molecular formula is C20H30N4O3S. The fourth-order valence-corrected chi connectivity index (χ4v) is 5.06. The molecule has 1 aliphatic rings. The lowest BCUT2D eigenvalue weighted by molar-refractivity contribution is 0.306. The third-order valence-corrected chi connectivity index (χ3v) is 7.09. The first-order valence-corrected chi connectivity index (χ1v) is 11.5. The number of piperidine rings is 1. The number of nitrogens with zero attached hydrogens (tertiary/aromatic N) is 2. The molecule has 2 heterocycles. The summed E-state index contributed by atoms with van der Waals surface area (Å²) in [5.74, 6) is 1.92. The van der Waals surface area contributed by atoms with Gasteiger partial charge in [-0.3, -0.25) is 4.99 Å². The van der Waals surface area contributed by atoms with E-state index in [0.29, 0.717) is 26.1 Å². The lowest BCUT2D eigenvalue weighted by Crippen LogP contribution is -2.50. The largest absolute Gasteiger partial charge is 0.461 e. The molecule has 0 aliphatic carbocycles. The standard InChI is InChI=1S/C20H30N4O3S/c1-3-14-28(25,26)24-12-9-17(10-13-24)23-20(21-2)22-11-8-18-15-16-6-4-5-7-19(16)27-18/h4-7,15,17H,3,8-14H2,1-2H3,(H2,21,22,23). The van der Waals surface area contributed by atoms with Crippen LogP contribution in [0.2, 0.25) is 0 Å². The van der Waals surface area contributed by atoms with Crippen LogP contribution in [0.1, 0.15) is 31.9 Å². The molecule has 1 saturated heterocycles. The molecule has 0 amide bonds. The number of aliphatic imine (C=N–C) groups is 1. The maximum absolute atomic E-state index is 12.2. The average molecular weight is 407 g/mol. The van der Waals surface area contributed by atoms with E-state index >= 15 is 0 Å². The van der Waals surface area contributed by atoms with Gasteiger partial charge in [0.25, 0.3) is 0 Å². The van der Waals surface area contributed by atoms with Crippen LogP contribution in [-0.2, 0) is 16.4 Å². The Morgan fingerprint density at radius 1 is 1.29 bits per heavy atom. The predicted molar refractivity (Wildman–Crippen MR) is 113 cm³/mol. The molecule has 1 aromatic carbocycles. The summed E-state index contributed by atoms with van der Waals surface area (Å²) >= 11 is 0. The highest BCUT2D eigenvalue weighted by Gasteiger charge is 2.27. The van der Waals surface area contributed by atoms with Gasteiger partial charge in [0.05, 0.1) is 5.75 Å². The monoisotopic (exact) mass is 406 g/mol. The van der Waals surface area contributed by atoms with E-state index in [0.717, 1.165) is 42.0 Å². The number of furan rings is 1. The molecule has 7 nitrogen and oxygen atoms in total. The van der Waals surface area contributed by atoms with Crippen LogP contribution in [0, 0.1) is 0 Å². The molecule has 154 valence electrons. The number of hydrogen-bond acceptors (Lipinski definition) is 4. The van der Waals surface area contributed by atoms with Gasteiger partial charge < -0.3 is 15.1 Å². The molecule has 1 fully saturated rings. The third-order valence-electron chi connectivity index (χ3n) is 5.01. The average Bonchev–Trinajstić information content (AvgIpc) is 3.10. The van der Waals surface area contributed by atoms with E-state index in [4.69, 9.17) is 4.42 Å². The van der Waals surface area contributed by atoms with E-state index < -0.39 is 10.0 Å². The van der Waals surface area contributed by atoms with Crippen LogP contribution in [0.3, 0.4) is 0 Å². The SMILES string of the molecule is CCCS(=O)(=O)N1CCC(NC(=NC)NCCc2cc3ccccc3o2)CC1. The van der Waals surface area contributed by atoms with Crippen LogP contribution in [0.5, 0.6) is 0 Å². The molecular weight excluding hydrogens is 376 g/mol. The summed E-state index contributed by atoms with van der Waals surface area (Å²) in [6.45, 7) is 3.74. The molecule has 0 spiro atoms. The Morgan fingerprint density at radius 2 is 2.04 bits per heavy atom. The topological polar surface area (TPSA) is 86.9 Å². The van der Waals surface area contributed by atoms with Gasteiger partial charge in [-0.1, -0.05) is 25.1 Å². The molecule has 3 rings (SSSR count). The Morgan fingerprint density at radius 3 is 2.71 bits per heavy atom. The van der Waals surface area contributed by atoms with Crippen LogP contribution >= 0.6 is 0 Å². The number of fused-ring (bicyclic) bond motifs is 1. The molecule has 8 heteroatoms. The number of para-hydroxylation sites is 1. The number of sulfonamides is 1. The van der Waals surface area contributed by atoms with Gasteiger partial charge >= 0.3 is 0 Å². The highest BCUT2D eigenvalue weighted by Crippen LogP contribution is 2.19. The van der Waals surface area contributed by atoms with Crippen LogP contribution in [0.15, 0.2) is 39.7 Å². The zero-order valence-electron chi connectivity index (χ0n) is 16.6. The van der Waals surface area contributed by atoms with Crippen LogP contribution in [-0.4, -0.2) is 57.2 Å². The van der Waals surface area contributed by atoms with Crippen molar-refractivity contribution in [3.8, 4) is 0 Å². The molecule has 28 heavy (non-hydrogen) atoms. The molecule has 1 aliphatic heterocycles. The van der Waals surface area contributed by atoms with Crippen LogP contribution in [0.4, 0.5) is 0 Å². The van der Waals surface area contributed by atoms with Gasteiger partial charge in [0.1, 0.15) is 11.3 Å². The second-order valence-electron chi connectivity index (χ2n) is 7.13. The van der Waals surface area contributed by atoms with E-state index in [1.54, 1.807) is 11.4 Å². The first-order chi connectivity index (χ1) is 13.5. The number of guanidine groups is 1. The van der Waals surface area contributed by atoms with Crippen LogP contribution < -0.4 is 10.6 Å². The fourth-order valence-electron chi connectivity index (χ4n) is 3.52. The van der Waals surface area contributed by atoms with Crippen molar-refractivity contribution >= 4 is 27.0 Å². The fraction of sp³-hybridized carbons (Fsp3) is 0.550. The normalized spacial score (nSPS) is 17.1. The summed E-state index contributed by atoms with van der Waals surface area (Å²) in [5, 5.41) is 7.84. The minimum absolute atomic E-state index is 0.227. The molecule has 2 N–H and O–H groups in total. The van der Waals surface area contributed by atoms with Crippen molar-refractivity contribution in [2.75, 3.05) is 32.4 Å². The number of hydrogen-bond donors (Lipinski definition) is 2. The quantitative estimate of drug-likeness (QED) is 0.544. The molecule has 1 aromatic heterocycles. The van der Waals surface area contributed by atoms with E-state index in [1.165, 1.54) is 0 Å². The number of nitrogens with one attached hydrogen (secondary N) is 2. The molecule has 0 bridgehead atoms. The Kier molecular flexibility index (Phi) is 6.96. The van der Waals surface area contributed by atoms with Crippen molar-refractivity contribution < 1.29 is 12.8 Å². The summed E-state index contributed by atoms with van der Waals surface area (Å²) in [7, 11) is -1.35. The molecule has 0 saturated carbocycles. The highest BCUT2D eigenvalue weighted by atomic mass is 32.2. The van der Waals surface area contributed by atoms with Gasteiger partial charge in [0.15, 0.2) is 5.96 Å². The maximum Gasteiger partial charge on any atom is 0.214 e. The molecule has 0 unspecified atom stereocenters. The maximum atomic E-state index is 12.2. The first-order valence-electron chi connectivity index (χ1n) is 9.94. The van der Waals surface area contributed by atoms with Gasteiger partial charge in [-0.25, -0.2) is 12.7 Å². The lowest BCUT2D eigenvalue weighted by Gasteiger charge is -2.32. The van der Waals surface area contributed by atoms with E-state index in [9.17, 15) is 8.42 Å². The number of rotatable bonds is 7. The minimum atomic E-state index is -3.10. The summed E-state index contributed by atoms with van der Waals surface area (Å²) in [5.41, 5.74) is 0.907. The summed E-state index contributed by atoms with van der Waals surface area (Å²) < 4.78 is 31.8. The minimum Gasteiger partial charge on any atom is -0.461 e. The second-order valence-corrected chi connectivity index (χ2v) is 9.22. The lowest BCUT2D eigenvalue weighted by atomic mass is 10.1. The van der Waals surface area contributed by atoms with Crippen molar-refractivity contribution in [1.29, 1.82) is 0 Å². The van der Waals surface area contributed by atoms with Crippen molar-refractivity contribution in [3.63, 3.8) is 0 Å². The van der Waals surface area contributed by atoms with E-state index in [1.807, 2.05) is 31.2 Å². The second kappa shape index (κ2) is 9.43. The molecule has 0 atom stereocenters. The Labute approximate surface area is 167 Å². The van der Waals surface area contributed by atoms with Crippen molar-refractivity contribution in [2.24, 2.45) is 4.99 Å². The predicted octanol–water partition coefficient (Wildman–Crippen LogP) is 2.34.